The summed E-state index contributed by atoms with van der Waals surface area (Å²) in [4.78, 5) is 35.5. The molecule has 0 unspecified atom stereocenters. The standard InChI is InChI=1S/C20H21BrClN3O5/c1-2-29-15-6-4-14(5-7-15)23-18(26)9-10-19(27)24-25-20(28)12-30-17-8-3-13(21)11-16(17)22/h3-8,11H,2,9-10,12H2,1H3,(H,23,26)(H,24,27)(H,25,28). The van der Waals surface area contributed by atoms with E-state index < -0.39 is 11.8 Å². The van der Waals surface area contributed by atoms with Crippen molar-refractivity contribution in [3.63, 3.8) is 0 Å². The monoisotopic (exact) mass is 497 g/mol. The highest BCUT2D eigenvalue weighted by molar-refractivity contribution is 9.10. The molecule has 160 valence electrons. The molecule has 0 saturated heterocycles. The molecule has 0 bridgehead atoms. The molecule has 0 aliphatic carbocycles. The summed E-state index contributed by atoms with van der Waals surface area (Å²) < 4.78 is 11.4. The van der Waals surface area contributed by atoms with E-state index in [2.05, 4.69) is 32.1 Å². The summed E-state index contributed by atoms with van der Waals surface area (Å²) in [6.07, 6.45) is -0.136. The average Bonchev–Trinajstić information content (AvgIpc) is 2.71. The van der Waals surface area contributed by atoms with Gasteiger partial charge in [-0.2, -0.15) is 0 Å². The number of carbonyl (C=O) groups excluding carboxylic acids is 3. The van der Waals surface area contributed by atoms with E-state index in [1.807, 2.05) is 6.92 Å². The van der Waals surface area contributed by atoms with Gasteiger partial charge in [-0.05, 0) is 49.4 Å². The van der Waals surface area contributed by atoms with Gasteiger partial charge in [0.05, 0.1) is 11.6 Å². The third-order valence-electron chi connectivity index (χ3n) is 3.62. The number of ether oxygens (including phenoxy) is 2. The second-order valence-corrected chi connectivity index (χ2v) is 7.29. The lowest BCUT2D eigenvalue weighted by molar-refractivity contribution is -0.130. The van der Waals surface area contributed by atoms with Crippen LogP contribution in [0.2, 0.25) is 5.02 Å². The first-order chi connectivity index (χ1) is 14.4. The van der Waals surface area contributed by atoms with E-state index in [1.54, 1.807) is 42.5 Å². The first-order valence-corrected chi connectivity index (χ1v) is 10.2. The van der Waals surface area contributed by atoms with E-state index in [-0.39, 0.29) is 25.4 Å². The molecule has 30 heavy (non-hydrogen) atoms. The summed E-state index contributed by atoms with van der Waals surface area (Å²) >= 11 is 9.26. The molecular weight excluding hydrogens is 478 g/mol. The van der Waals surface area contributed by atoms with Crippen LogP contribution in [0, 0.1) is 0 Å². The van der Waals surface area contributed by atoms with Gasteiger partial charge in [-0.15, -0.1) is 0 Å². The molecule has 0 radical (unpaired) electrons. The number of rotatable bonds is 9. The summed E-state index contributed by atoms with van der Waals surface area (Å²) in [7, 11) is 0. The van der Waals surface area contributed by atoms with E-state index in [0.717, 1.165) is 4.47 Å². The highest BCUT2D eigenvalue weighted by Crippen LogP contribution is 2.27. The SMILES string of the molecule is CCOc1ccc(NC(=O)CCC(=O)NNC(=O)COc2ccc(Br)cc2Cl)cc1. The Morgan fingerprint density at radius 1 is 0.933 bits per heavy atom. The van der Waals surface area contributed by atoms with E-state index in [0.29, 0.717) is 28.8 Å². The van der Waals surface area contributed by atoms with Crippen molar-refractivity contribution in [2.75, 3.05) is 18.5 Å². The van der Waals surface area contributed by atoms with Crippen LogP contribution in [-0.4, -0.2) is 30.9 Å². The summed E-state index contributed by atoms with van der Waals surface area (Å²) in [5.74, 6) is -0.355. The number of anilines is 1. The summed E-state index contributed by atoms with van der Waals surface area (Å²) in [6, 6.07) is 11.9. The minimum atomic E-state index is -0.568. The molecule has 0 aliphatic heterocycles. The van der Waals surface area contributed by atoms with Crippen molar-refractivity contribution in [3.05, 3.63) is 52.0 Å². The van der Waals surface area contributed by atoms with E-state index in [9.17, 15) is 14.4 Å². The van der Waals surface area contributed by atoms with E-state index >= 15 is 0 Å². The first-order valence-electron chi connectivity index (χ1n) is 9.05. The van der Waals surface area contributed by atoms with Crippen LogP contribution in [-0.2, 0) is 14.4 Å². The first kappa shape index (κ1) is 23.5. The Morgan fingerprint density at radius 2 is 1.60 bits per heavy atom. The Bertz CT molecular complexity index is 893. The third-order valence-corrected chi connectivity index (χ3v) is 4.41. The van der Waals surface area contributed by atoms with Crippen LogP contribution in [0.5, 0.6) is 11.5 Å². The lowest BCUT2D eigenvalue weighted by Gasteiger charge is -2.10. The Morgan fingerprint density at radius 3 is 2.27 bits per heavy atom. The van der Waals surface area contributed by atoms with Gasteiger partial charge >= 0.3 is 0 Å². The van der Waals surface area contributed by atoms with Gasteiger partial charge in [0.15, 0.2) is 6.61 Å². The predicted octanol–water partition coefficient (Wildman–Crippen LogP) is 3.45. The second kappa shape index (κ2) is 12.0. The quantitative estimate of drug-likeness (QED) is 0.459. The maximum absolute atomic E-state index is 11.9. The fraction of sp³-hybridized carbons (Fsp3) is 0.250. The smallest absolute Gasteiger partial charge is 0.276 e. The van der Waals surface area contributed by atoms with E-state index in [1.165, 1.54) is 0 Å². The molecule has 0 spiro atoms. The maximum Gasteiger partial charge on any atom is 0.276 e. The van der Waals surface area contributed by atoms with Crippen LogP contribution in [0.1, 0.15) is 19.8 Å². The number of hydrogen-bond acceptors (Lipinski definition) is 5. The average molecular weight is 499 g/mol. The van der Waals surface area contributed by atoms with Gasteiger partial charge in [-0.25, -0.2) is 0 Å². The molecule has 0 heterocycles. The zero-order valence-corrected chi connectivity index (χ0v) is 18.5. The maximum atomic E-state index is 11.9. The van der Waals surface area contributed by atoms with Gasteiger partial charge in [0.2, 0.25) is 11.8 Å². The summed E-state index contributed by atoms with van der Waals surface area (Å²) in [5, 5.41) is 3.03. The van der Waals surface area contributed by atoms with Crippen molar-refractivity contribution in [1.82, 2.24) is 10.9 Å². The topological polar surface area (TPSA) is 106 Å². The molecule has 2 aromatic carbocycles. The van der Waals surface area contributed by atoms with Gasteiger partial charge in [-0.3, -0.25) is 25.2 Å². The number of amides is 3. The zero-order valence-electron chi connectivity index (χ0n) is 16.2. The normalized spacial score (nSPS) is 10.1. The minimum absolute atomic E-state index is 0.0417. The molecule has 2 rings (SSSR count). The third kappa shape index (κ3) is 8.30. The van der Waals surface area contributed by atoms with Gasteiger partial charge in [0.1, 0.15) is 11.5 Å². The van der Waals surface area contributed by atoms with Crippen LogP contribution in [0.4, 0.5) is 5.69 Å². The number of benzene rings is 2. The van der Waals surface area contributed by atoms with Crippen LogP contribution >= 0.6 is 27.5 Å². The van der Waals surface area contributed by atoms with Crippen molar-refractivity contribution < 1.29 is 23.9 Å². The summed E-state index contributed by atoms with van der Waals surface area (Å²) in [6.45, 7) is 2.11. The molecule has 2 aromatic rings. The lowest BCUT2D eigenvalue weighted by atomic mass is 10.2. The van der Waals surface area contributed by atoms with E-state index in [4.69, 9.17) is 21.1 Å². The van der Waals surface area contributed by atoms with Crippen LogP contribution in [0.25, 0.3) is 0 Å². The highest BCUT2D eigenvalue weighted by atomic mass is 79.9. The van der Waals surface area contributed by atoms with Gasteiger partial charge in [-0.1, -0.05) is 27.5 Å². The van der Waals surface area contributed by atoms with Crippen molar-refractivity contribution >= 4 is 50.9 Å². The predicted molar refractivity (Wildman–Crippen MR) is 116 cm³/mol. The van der Waals surface area contributed by atoms with Crippen LogP contribution < -0.4 is 25.6 Å². The second-order valence-electron chi connectivity index (χ2n) is 5.97. The number of hydrazine groups is 1. The molecule has 0 aromatic heterocycles. The molecule has 10 heteroatoms. The van der Waals surface area contributed by atoms with Crippen molar-refractivity contribution in [1.29, 1.82) is 0 Å². The zero-order chi connectivity index (χ0) is 21.9. The summed E-state index contributed by atoms with van der Waals surface area (Å²) in [5.41, 5.74) is 5.04. The molecule has 0 fully saturated rings. The molecular formula is C20H21BrClN3O5. The molecule has 3 N–H and O–H groups in total. The molecule has 8 nitrogen and oxygen atoms in total. The number of nitrogens with one attached hydrogen (secondary N) is 3. The van der Waals surface area contributed by atoms with Crippen molar-refractivity contribution in [2.24, 2.45) is 0 Å². The highest BCUT2D eigenvalue weighted by Gasteiger charge is 2.10. The Kier molecular flexibility index (Phi) is 9.43. The van der Waals surface area contributed by atoms with Crippen LogP contribution in [0.15, 0.2) is 46.9 Å². The number of hydrogen-bond donors (Lipinski definition) is 3. The van der Waals surface area contributed by atoms with Crippen molar-refractivity contribution in [3.8, 4) is 11.5 Å². The number of carbonyl (C=O) groups is 3. The van der Waals surface area contributed by atoms with Gasteiger partial charge in [0.25, 0.3) is 5.91 Å². The molecule has 0 atom stereocenters. The van der Waals surface area contributed by atoms with Gasteiger partial charge < -0.3 is 14.8 Å². The molecule has 0 saturated carbocycles. The fourth-order valence-corrected chi connectivity index (χ4v) is 2.95. The Labute approximate surface area is 187 Å². The fourth-order valence-electron chi connectivity index (χ4n) is 2.23. The largest absolute Gasteiger partial charge is 0.494 e. The van der Waals surface area contributed by atoms with Gasteiger partial charge in [0, 0.05) is 23.0 Å². The Hall–Kier alpha value is -2.78. The van der Waals surface area contributed by atoms with Crippen molar-refractivity contribution in [2.45, 2.75) is 19.8 Å². The Balaban J connectivity index is 1.65. The molecule has 0 aliphatic rings. The lowest BCUT2D eigenvalue weighted by Crippen LogP contribution is -2.44. The number of halogens is 2. The molecule has 3 amide bonds. The minimum Gasteiger partial charge on any atom is -0.494 e. The van der Waals surface area contributed by atoms with Crippen LogP contribution in [0.3, 0.4) is 0 Å².